The van der Waals surface area contributed by atoms with Crippen LogP contribution in [0.4, 0.5) is 0 Å². The second-order valence-corrected chi connectivity index (χ2v) is 5.81. The van der Waals surface area contributed by atoms with E-state index in [0.29, 0.717) is 0 Å². The second kappa shape index (κ2) is 3.11. The smallest absolute Gasteiger partial charge is 0.169 e. The van der Waals surface area contributed by atoms with Crippen LogP contribution >= 0.6 is 0 Å². The monoisotopic (exact) mass is 176 g/mol. The van der Waals surface area contributed by atoms with Crippen LogP contribution in [0.2, 0.25) is 0 Å². The molecule has 0 N–H and O–H groups in total. The minimum absolute atomic E-state index is 0.283. The molecule has 1 atom stereocenters. The summed E-state index contributed by atoms with van der Waals surface area (Å²) >= 11 is 0. The van der Waals surface area contributed by atoms with Gasteiger partial charge in [0.25, 0.3) is 0 Å². The van der Waals surface area contributed by atoms with Gasteiger partial charge in [-0.2, -0.15) is 0 Å². The highest BCUT2D eigenvalue weighted by molar-refractivity contribution is 7.92. The third-order valence-corrected chi connectivity index (χ3v) is 4.44. The fourth-order valence-electron chi connectivity index (χ4n) is 1.17. The van der Waals surface area contributed by atoms with Gasteiger partial charge in [-0.1, -0.05) is 0 Å². The SMILES string of the molecule is CC(C)S(=O)(=O)C1CCC[N]1. The number of sulfone groups is 1. The summed E-state index contributed by atoms with van der Waals surface area (Å²) in [5.74, 6) is 0. The Hall–Kier alpha value is -0.0900. The predicted molar refractivity (Wildman–Crippen MR) is 44.1 cm³/mol. The van der Waals surface area contributed by atoms with E-state index >= 15 is 0 Å². The highest BCUT2D eigenvalue weighted by Gasteiger charge is 2.31. The van der Waals surface area contributed by atoms with Gasteiger partial charge in [0.15, 0.2) is 9.84 Å². The Kier molecular flexibility index (Phi) is 2.54. The summed E-state index contributed by atoms with van der Waals surface area (Å²) in [6.07, 6.45) is 1.65. The molecule has 11 heavy (non-hydrogen) atoms. The van der Waals surface area contributed by atoms with E-state index in [-0.39, 0.29) is 5.25 Å². The molecule has 0 aromatic rings. The van der Waals surface area contributed by atoms with E-state index in [9.17, 15) is 8.42 Å². The summed E-state index contributed by atoms with van der Waals surface area (Å²) < 4.78 is 22.9. The predicted octanol–water partition coefficient (Wildman–Crippen LogP) is 0.534. The van der Waals surface area contributed by atoms with Crippen LogP contribution in [0.3, 0.4) is 0 Å². The molecular formula is C7H14NO2S. The van der Waals surface area contributed by atoms with E-state index < -0.39 is 15.2 Å². The molecule has 1 unspecified atom stereocenters. The Morgan fingerprint density at radius 2 is 2.09 bits per heavy atom. The summed E-state index contributed by atoms with van der Waals surface area (Å²) in [6, 6.07) is 0. The molecule has 0 saturated carbocycles. The molecule has 1 aliphatic heterocycles. The first kappa shape index (κ1) is 9.00. The second-order valence-electron chi connectivity index (χ2n) is 3.14. The van der Waals surface area contributed by atoms with E-state index in [2.05, 4.69) is 5.32 Å². The molecule has 3 nitrogen and oxygen atoms in total. The van der Waals surface area contributed by atoms with Gasteiger partial charge in [0, 0.05) is 6.54 Å². The van der Waals surface area contributed by atoms with Crippen molar-refractivity contribution in [1.82, 2.24) is 5.32 Å². The van der Waals surface area contributed by atoms with Crippen molar-refractivity contribution in [3.8, 4) is 0 Å². The van der Waals surface area contributed by atoms with Crippen LogP contribution in [0, 0.1) is 0 Å². The first-order valence-corrected chi connectivity index (χ1v) is 5.55. The zero-order valence-electron chi connectivity index (χ0n) is 6.95. The van der Waals surface area contributed by atoms with Crippen molar-refractivity contribution in [2.24, 2.45) is 0 Å². The van der Waals surface area contributed by atoms with Gasteiger partial charge in [-0.15, -0.1) is 0 Å². The van der Waals surface area contributed by atoms with Crippen LogP contribution in [0.25, 0.3) is 0 Å². The lowest BCUT2D eigenvalue weighted by Gasteiger charge is -2.12. The highest BCUT2D eigenvalue weighted by atomic mass is 32.2. The standard InChI is InChI=1S/C7H14NO2S/c1-6(2)11(9,10)7-4-3-5-8-7/h6-7H,3-5H2,1-2H3. The fourth-order valence-corrected chi connectivity index (χ4v) is 2.61. The molecule has 65 valence electrons. The maximum Gasteiger partial charge on any atom is 0.169 e. The minimum atomic E-state index is -2.94. The van der Waals surface area contributed by atoms with Gasteiger partial charge >= 0.3 is 0 Å². The Morgan fingerprint density at radius 3 is 2.45 bits per heavy atom. The van der Waals surface area contributed by atoms with E-state index in [0.717, 1.165) is 19.4 Å². The Morgan fingerprint density at radius 1 is 1.45 bits per heavy atom. The van der Waals surface area contributed by atoms with Crippen molar-refractivity contribution in [3.63, 3.8) is 0 Å². The molecule has 0 spiro atoms. The van der Waals surface area contributed by atoms with E-state index in [4.69, 9.17) is 0 Å². The van der Waals surface area contributed by atoms with Gasteiger partial charge in [-0.05, 0) is 26.7 Å². The Labute approximate surface area is 68.1 Å². The molecule has 0 bridgehead atoms. The Balaban J connectivity index is 2.72. The van der Waals surface area contributed by atoms with Gasteiger partial charge in [0.2, 0.25) is 0 Å². The molecule has 0 aromatic heterocycles. The van der Waals surface area contributed by atoms with Crippen molar-refractivity contribution in [1.29, 1.82) is 0 Å². The number of nitrogens with zero attached hydrogens (tertiary/aromatic N) is 1. The lowest BCUT2D eigenvalue weighted by molar-refractivity contribution is 0.561. The average molecular weight is 176 g/mol. The zero-order chi connectivity index (χ0) is 8.48. The molecular weight excluding hydrogens is 162 g/mol. The van der Waals surface area contributed by atoms with Gasteiger partial charge < -0.3 is 0 Å². The Bertz CT molecular complexity index is 215. The third kappa shape index (κ3) is 1.73. The first-order valence-electron chi connectivity index (χ1n) is 3.94. The van der Waals surface area contributed by atoms with Crippen LogP contribution in [0.5, 0.6) is 0 Å². The van der Waals surface area contributed by atoms with E-state index in [1.807, 2.05) is 0 Å². The van der Waals surface area contributed by atoms with Gasteiger partial charge in [0.1, 0.15) is 5.37 Å². The normalized spacial score (nSPS) is 26.3. The van der Waals surface area contributed by atoms with Crippen molar-refractivity contribution in [2.75, 3.05) is 6.54 Å². The zero-order valence-corrected chi connectivity index (χ0v) is 7.76. The molecule has 0 amide bonds. The van der Waals surface area contributed by atoms with E-state index in [1.54, 1.807) is 13.8 Å². The molecule has 1 saturated heterocycles. The number of rotatable bonds is 2. The minimum Gasteiger partial charge on any atom is -0.227 e. The molecule has 0 aromatic carbocycles. The molecule has 1 aliphatic rings. The van der Waals surface area contributed by atoms with E-state index in [1.165, 1.54) is 0 Å². The lowest BCUT2D eigenvalue weighted by atomic mass is 10.4. The quantitative estimate of drug-likeness (QED) is 0.616. The molecule has 1 rings (SSSR count). The van der Waals surface area contributed by atoms with Crippen LogP contribution in [0.15, 0.2) is 0 Å². The van der Waals surface area contributed by atoms with Crippen LogP contribution in [-0.4, -0.2) is 25.6 Å². The topological polar surface area (TPSA) is 48.2 Å². The molecule has 4 heteroatoms. The van der Waals surface area contributed by atoms with Crippen molar-refractivity contribution in [2.45, 2.75) is 37.3 Å². The van der Waals surface area contributed by atoms with Gasteiger partial charge in [-0.3, -0.25) is 0 Å². The molecule has 1 heterocycles. The summed E-state index contributed by atoms with van der Waals surface area (Å²) in [4.78, 5) is 0. The first-order chi connectivity index (χ1) is 5.05. The summed E-state index contributed by atoms with van der Waals surface area (Å²) in [7, 11) is -2.94. The largest absolute Gasteiger partial charge is 0.227 e. The number of hydrogen-bond acceptors (Lipinski definition) is 2. The summed E-state index contributed by atoms with van der Waals surface area (Å²) in [5.41, 5.74) is 0. The van der Waals surface area contributed by atoms with Crippen LogP contribution < -0.4 is 5.32 Å². The third-order valence-electron chi connectivity index (χ3n) is 1.98. The maximum absolute atomic E-state index is 11.4. The van der Waals surface area contributed by atoms with Crippen molar-refractivity contribution < 1.29 is 8.42 Å². The lowest BCUT2D eigenvalue weighted by Crippen LogP contribution is -2.31. The summed E-state index contributed by atoms with van der Waals surface area (Å²) in [6.45, 7) is 4.14. The van der Waals surface area contributed by atoms with Crippen LogP contribution in [0.1, 0.15) is 26.7 Å². The van der Waals surface area contributed by atoms with Crippen molar-refractivity contribution >= 4 is 9.84 Å². The number of hydrogen-bond donors (Lipinski definition) is 0. The molecule has 1 radical (unpaired) electrons. The maximum atomic E-state index is 11.4. The molecule has 1 fully saturated rings. The van der Waals surface area contributed by atoms with Crippen LogP contribution in [-0.2, 0) is 9.84 Å². The summed E-state index contributed by atoms with van der Waals surface area (Å²) in [5, 5.41) is 3.36. The van der Waals surface area contributed by atoms with Gasteiger partial charge in [0.05, 0.1) is 5.25 Å². The molecule has 0 aliphatic carbocycles. The highest BCUT2D eigenvalue weighted by Crippen LogP contribution is 2.17. The van der Waals surface area contributed by atoms with Gasteiger partial charge in [-0.25, -0.2) is 13.7 Å². The van der Waals surface area contributed by atoms with Crippen molar-refractivity contribution in [3.05, 3.63) is 0 Å². The average Bonchev–Trinajstić information content (AvgIpc) is 2.37. The fraction of sp³-hybridized carbons (Fsp3) is 1.00.